The summed E-state index contributed by atoms with van der Waals surface area (Å²) in [5, 5.41) is 0. The fourth-order valence-electron chi connectivity index (χ4n) is 5.28. The largest absolute Gasteiger partial charge is 0.493 e. The van der Waals surface area contributed by atoms with Crippen molar-refractivity contribution in [3.63, 3.8) is 0 Å². The van der Waals surface area contributed by atoms with Crippen LogP contribution >= 0.6 is 0 Å². The summed E-state index contributed by atoms with van der Waals surface area (Å²) < 4.78 is 12.0. The van der Waals surface area contributed by atoms with Gasteiger partial charge >= 0.3 is 0 Å². The van der Waals surface area contributed by atoms with Crippen LogP contribution in [0.25, 0.3) is 0 Å². The number of ether oxygens (including phenoxy) is 2. The van der Waals surface area contributed by atoms with Gasteiger partial charge in [0.05, 0.1) is 13.2 Å². The third-order valence-electron chi connectivity index (χ3n) is 7.14. The molecule has 1 aromatic heterocycles. The van der Waals surface area contributed by atoms with E-state index in [-0.39, 0.29) is 0 Å². The summed E-state index contributed by atoms with van der Waals surface area (Å²) in [7, 11) is 1.73. The summed E-state index contributed by atoms with van der Waals surface area (Å²) in [6.07, 6.45) is 9.96. The van der Waals surface area contributed by atoms with E-state index in [2.05, 4.69) is 69.4 Å². The van der Waals surface area contributed by atoms with Gasteiger partial charge in [0, 0.05) is 56.4 Å². The number of benzene rings is 2. The molecule has 178 valence electrons. The minimum Gasteiger partial charge on any atom is -0.493 e. The van der Waals surface area contributed by atoms with E-state index in [1.165, 1.54) is 29.7 Å². The summed E-state index contributed by atoms with van der Waals surface area (Å²) in [5.41, 5.74) is 3.86. The van der Waals surface area contributed by atoms with Gasteiger partial charge in [0.15, 0.2) is 11.5 Å². The molecule has 2 aliphatic rings. The maximum absolute atomic E-state index is 6.38. The van der Waals surface area contributed by atoms with Crippen molar-refractivity contribution in [1.82, 2.24) is 9.88 Å². The lowest BCUT2D eigenvalue weighted by Gasteiger charge is -2.43. The lowest BCUT2D eigenvalue weighted by atomic mass is 10.0. The topological polar surface area (TPSA) is 37.8 Å². The summed E-state index contributed by atoms with van der Waals surface area (Å²) in [6.45, 7) is 3.90. The molecule has 1 aliphatic heterocycles. The highest BCUT2D eigenvalue weighted by Gasteiger charge is 2.28. The van der Waals surface area contributed by atoms with Crippen LogP contribution in [-0.2, 0) is 13.0 Å². The Labute approximate surface area is 203 Å². The predicted octanol–water partition coefficient (Wildman–Crippen LogP) is 5.35. The van der Waals surface area contributed by atoms with E-state index in [0.29, 0.717) is 12.1 Å². The summed E-state index contributed by atoms with van der Waals surface area (Å²) in [6, 6.07) is 21.9. The van der Waals surface area contributed by atoms with Crippen LogP contribution < -0.4 is 14.4 Å². The summed E-state index contributed by atoms with van der Waals surface area (Å²) in [4.78, 5) is 9.45. The van der Waals surface area contributed by atoms with Gasteiger partial charge in [0.2, 0.25) is 0 Å². The molecule has 0 radical (unpaired) electrons. The molecule has 2 fully saturated rings. The molecule has 1 saturated carbocycles. The zero-order chi connectivity index (χ0) is 23.2. The number of aromatic nitrogens is 1. The quantitative estimate of drug-likeness (QED) is 0.456. The van der Waals surface area contributed by atoms with Crippen molar-refractivity contribution in [3.05, 3.63) is 84.2 Å². The third kappa shape index (κ3) is 5.53. The average molecular weight is 458 g/mol. The molecule has 0 unspecified atom stereocenters. The maximum atomic E-state index is 6.38. The SMILES string of the molecule is COc1ccc(N2CCN(Cc3cccnc3)[C@@H](Cc3ccccc3)C2)cc1OC1CCCC1. The lowest BCUT2D eigenvalue weighted by molar-refractivity contribution is 0.166. The highest BCUT2D eigenvalue weighted by Crippen LogP contribution is 2.36. The first kappa shape index (κ1) is 22.7. The van der Waals surface area contributed by atoms with E-state index >= 15 is 0 Å². The Morgan fingerprint density at radius 3 is 2.50 bits per heavy atom. The van der Waals surface area contributed by atoms with Gasteiger partial charge in [-0.25, -0.2) is 0 Å². The summed E-state index contributed by atoms with van der Waals surface area (Å²) in [5.74, 6) is 1.70. The number of hydrogen-bond acceptors (Lipinski definition) is 5. The normalized spacial score (nSPS) is 19.3. The Balaban J connectivity index is 1.35. The first-order chi connectivity index (χ1) is 16.8. The minimum absolute atomic E-state index is 0.311. The van der Waals surface area contributed by atoms with E-state index in [0.717, 1.165) is 56.9 Å². The van der Waals surface area contributed by atoms with E-state index in [1.807, 2.05) is 18.5 Å². The van der Waals surface area contributed by atoms with Crippen LogP contribution in [0.1, 0.15) is 36.8 Å². The first-order valence-electron chi connectivity index (χ1n) is 12.5. The Hall–Kier alpha value is -3.05. The van der Waals surface area contributed by atoms with Gasteiger partial charge in [-0.3, -0.25) is 9.88 Å². The molecule has 5 heteroatoms. The molecule has 34 heavy (non-hydrogen) atoms. The number of nitrogens with zero attached hydrogens (tertiary/aromatic N) is 3. The van der Waals surface area contributed by atoms with Gasteiger partial charge in [-0.2, -0.15) is 0 Å². The predicted molar refractivity (Wildman–Crippen MR) is 137 cm³/mol. The average Bonchev–Trinajstić information content (AvgIpc) is 3.39. The standard InChI is InChI=1S/C29H35N3O2/c1-33-28-14-13-25(19-29(28)34-27-11-5-6-12-27)32-17-16-31(21-24-10-7-15-30-20-24)26(22-32)18-23-8-3-2-4-9-23/h2-4,7-10,13-15,19-20,26-27H,5-6,11-12,16-18,21-22H2,1H3/t26-/m0/s1. The maximum Gasteiger partial charge on any atom is 0.163 e. The van der Waals surface area contributed by atoms with Gasteiger partial charge in [-0.15, -0.1) is 0 Å². The van der Waals surface area contributed by atoms with Crippen LogP contribution in [0, 0.1) is 0 Å². The van der Waals surface area contributed by atoms with Crippen molar-refractivity contribution >= 4 is 5.69 Å². The van der Waals surface area contributed by atoms with E-state index in [4.69, 9.17) is 9.47 Å². The molecule has 0 spiro atoms. The first-order valence-corrected chi connectivity index (χ1v) is 12.5. The number of hydrogen-bond donors (Lipinski definition) is 0. The van der Waals surface area contributed by atoms with Crippen molar-refractivity contribution in [1.29, 1.82) is 0 Å². The molecule has 1 aliphatic carbocycles. The second-order valence-corrected chi connectivity index (χ2v) is 9.48. The molecule has 1 saturated heterocycles. The number of pyridine rings is 1. The van der Waals surface area contributed by atoms with Gasteiger partial charge in [0.1, 0.15) is 0 Å². The van der Waals surface area contributed by atoms with Gasteiger partial charge < -0.3 is 14.4 Å². The van der Waals surface area contributed by atoms with E-state index in [1.54, 1.807) is 7.11 Å². The van der Waals surface area contributed by atoms with Crippen LogP contribution in [-0.4, -0.2) is 48.8 Å². The smallest absolute Gasteiger partial charge is 0.163 e. The Bertz CT molecular complexity index is 1040. The van der Waals surface area contributed by atoms with Crippen molar-refractivity contribution in [2.24, 2.45) is 0 Å². The zero-order valence-corrected chi connectivity index (χ0v) is 20.1. The number of rotatable bonds is 8. The zero-order valence-electron chi connectivity index (χ0n) is 20.1. The second kappa shape index (κ2) is 10.9. The minimum atomic E-state index is 0.311. The van der Waals surface area contributed by atoms with Crippen LogP contribution in [0.15, 0.2) is 73.1 Å². The van der Waals surface area contributed by atoms with Crippen molar-refractivity contribution in [2.45, 2.75) is 50.8 Å². The molecule has 2 heterocycles. The van der Waals surface area contributed by atoms with Crippen LogP contribution in [0.2, 0.25) is 0 Å². The molecular formula is C29H35N3O2. The lowest BCUT2D eigenvalue weighted by Crippen LogP contribution is -2.53. The molecule has 2 aromatic carbocycles. The highest BCUT2D eigenvalue weighted by atomic mass is 16.5. The third-order valence-corrected chi connectivity index (χ3v) is 7.14. The van der Waals surface area contributed by atoms with Gasteiger partial charge in [-0.05, 0) is 61.4 Å². The Morgan fingerprint density at radius 1 is 0.912 bits per heavy atom. The molecule has 0 amide bonds. The number of methoxy groups -OCH3 is 1. The van der Waals surface area contributed by atoms with Gasteiger partial charge in [0.25, 0.3) is 0 Å². The van der Waals surface area contributed by atoms with Crippen LogP contribution in [0.3, 0.4) is 0 Å². The summed E-state index contributed by atoms with van der Waals surface area (Å²) >= 11 is 0. The Kier molecular flexibility index (Phi) is 7.30. The monoisotopic (exact) mass is 457 g/mol. The fraction of sp³-hybridized carbons (Fsp3) is 0.414. The van der Waals surface area contributed by atoms with E-state index in [9.17, 15) is 0 Å². The number of piperazine rings is 1. The number of anilines is 1. The second-order valence-electron chi connectivity index (χ2n) is 9.48. The highest BCUT2D eigenvalue weighted by molar-refractivity contribution is 5.57. The van der Waals surface area contributed by atoms with Crippen molar-refractivity contribution in [2.75, 3.05) is 31.6 Å². The van der Waals surface area contributed by atoms with E-state index < -0.39 is 0 Å². The Morgan fingerprint density at radius 2 is 1.74 bits per heavy atom. The molecule has 5 rings (SSSR count). The molecule has 5 nitrogen and oxygen atoms in total. The fourth-order valence-corrected chi connectivity index (χ4v) is 5.28. The van der Waals surface area contributed by atoms with Crippen LogP contribution in [0.4, 0.5) is 5.69 Å². The molecule has 3 aromatic rings. The molecule has 1 atom stereocenters. The molecular weight excluding hydrogens is 422 g/mol. The molecule has 0 bridgehead atoms. The molecule has 0 N–H and O–H groups in total. The van der Waals surface area contributed by atoms with Crippen molar-refractivity contribution in [3.8, 4) is 11.5 Å². The van der Waals surface area contributed by atoms with Crippen molar-refractivity contribution < 1.29 is 9.47 Å². The van der Waals surface area contributed by atoms with Crippen LogP contribution in [0.5, 0.6) is 11.5 Å². The van der Waals surface area contributed by atoms with Gasteiger partial charge in [-0.1, -0.05) is 36.4 Å².